The molecule has 0 N–H and O–H groups in total. The quantitative estimate of drug-likeness (QED) is 0.107. The van der Waals surface area contributed by atoms with E-state index in [0.717, 1.165) is 44.8 Å². The molecule has 0 saturated carbocycles. The van der Waals surface area contributed by atoms with E-state index in [0.29, 0.717) is 34.4 Å². The van der Waals surface area contributed by atoms with Crippen molar-refractivity contribution < 1.29 is 18.6 Å². The van der Waals surface area contributed by atoms with Crippen LogP contribution in [0.1, 0.15) is 22.3 Å². The van der Waals surface area contributed by atoms with Gasteiger partial charge in [-0.1, -0.05) is 82.9 Å². The molecule has 0 bridgehead atoms. The maximum Gasteiger partial charge on any atom is 0.269 e. The van der Waals surface area contributed by atoms with Gasteiger partial charge in [0.2, 0.25) is 0 Å². The predicted molar refractivity (Wildman–Crippen MR) is 229 cm³/mol. The average Bonchev–Trinajstić information content (AvgIpc) is 3.84. The topological polar surface area (TPSA) is 87.6 Å². The summed E-state index contributed by atoms with van der Waals surface area (Å²) in [4.78, 5) is 18.3. The van der Waals surface area contributed by atoms with Gasteiger partial charge in [0.05, 0.1) is 68.6 Å². The third-order valence-corrected chi connectivity index (χ3v) is 10.2. The summed E-state index contributed by atoms with van der Waals surface area (Å²) in [6, 6.07) is 40.7. The lowest BCUT2D eigenvalue weighted by Gasteiger charge is -2.10. The van der Waals surface area contributed by atoms with Gasteiger partial charge in [0.25, 0.3) is 12.7 Å². The van der Waals surface area contributed by atoms with Crippen LogP contribution in [0.15, 0.2) is 159 Å². The number of imidazole rings is 2. The van der Waals surface area contributed by atoms with E-state index in [9.17, 15) is 0 Å². The minimum atomic E-state index is 0.568. The monoisotopic (exact) mass is 782 g/mol. The Morgan fingerprint density at radius 2 is 0.867 bits per heavy atom. The second-order valence-corrected chi connectivity index (χ2v) is 14.9. The van der Waals surface area contributed by atoms with Crippen LogP contribution in [0.25, 0.3) is 56.2 Å². The molecular weight excluding hydrogens is 745 g/mol. The molecule has 0 unspecified atom stereocenters. The Hall–Kier alpha value is -7.98. The predicted octanol–water partition coefficient (Wildman–Crippen LogP) is 9.79. The van der Waals surface area contributed by atoms with Gasteiger partial charge in [-0.2, -0.15) is 0 Å². The summed E-state index contributed by atoms with van der Waals surface area (Å²) in [6.07, 6.45) is 17.5. The van der Waals surface area contributed by atoms with Crippen LogP contribution in [0, 0.1) is 40.3 Å². The second kappa shape index (κ2) is 15.1. The average molecular weight is 783 g/mol. The number of benzene rings is 4. The minimum Gasteiger partial charge on any atom is -0.456 e. The van der Waals surface area contributed by atoms with E-state index in [4.69, 9.17) is 9.47 Å². The van der Waals surface area contributed by atoms with Crippen LogP contribution >= 0.6 is 0 Å². The van der Waals surface area contributed by atoms with E-state index < -0.39 is 0 Å². The molecule has 0 saturated heterocycles. The number of hydrogen-bond acceptors (Lipinski definition) is 6. The van der Waals surface area contributed by atoms with Gasteiger partial charge in [-0.3, -0.25) is 38.2 Å². The SMILES string of the molecule is Cc1cc(C)cc(-n2[c-][n+](-c3cncc(Oc4ccnc(-c5cc(Oc6cncc(-[n+]7[c-]n(-c8cc(C)cc(C)c8)c8ccccc87)c6)ccn5)c4)c3)c3ccccc32)c1. The van der Waals surface area contributed by atoms with Gasteiger partial charge in [0.15, 0.2) is 0 Å². The highest BCUT2D eigenvalue weighted by atomic mass is 16.5. The minimum absolute atomic E-state index is 0.568. The summed E-state index contributed by atoms with van der Waals surface area (Å²) in [7, 11) is 0. The molecule has 4 aromatic carbocycles. The van der Waals surface area contributed by atoms with Crippen molar-refractivity contribution in [3.05, 3.63) is 193 Å². The molecule has 0 amide bonds. The summed E-state index contributed by atoms with van der Waals surface area (Å²) in [5, 5.41) is 0. The molecule has 0 spiro atoms. The molecule has 10 rings (SSSR count). The largest absolute Gasteiger partial charge is 0.456 e. The Kier molecular flexibility index (Phi) is 9.14. The summed E-state index contributed by atoms with van der Waals surface area (Å²) in [5.74, 6) is 2.31. The number of aryl methyl sites for hydroxylation is 4. The zero-order chi connectivity index (χ0) is 40.7. The van der Waals surface area contributed by atoms with E-state index in [2.05, 4.69) is 130 Å². The van der Waals surface area contributed by atoms with E-state index in [1.165, 1.54) is 22.3 Å². The highest BCUT2D eigenvalue weighted by Crippen LogP contribution is 2.30. The number of para-hydroxylation sites is 4. The zero-order valence-electron chi connectivity index (χ0n) is 33.4. The van der Waals surface area contributed by atoms with Crippen molar-refractivity contribution in [3.63, 3.8) is 0 Å². The molecule has 0 aliphatic rings. The van der Waals surface area contributed by atoms with Gasteiger partial charge in [0.1, 0.15) is 23.0 Å². The van der Waals surface area contributed by atoms with E-state index in [-0.39, 0.29) is 0 Å². The first-order chi connectivity index (χ1) is 29.3. The Labute approximate surface area is 346 Å². The number of ether oxygens (including phenoxy) is 2. The first-order valence-corrected chi connectivity index (χ1v) is 19.6. The van der Waals surface area contributed by atoms with Crippen LogP contribution in [-0.2, 0) is 0 Å². The van der Waals surface area contributed by atoms with Gasteiger partial charge in [0, 0.05) is 36.9 Å². The van der Waals surface area contributed by atoms with Crippen molar-refractivity contribution in [2.45, 2.75) is 27.7 Å². The second-order valence-electron chi connectivity index (χ2n) is 14.9. The lowest BCUT2D eigenvalue weighted by molar-refractivity contribution is -0.573. The summed E-state index contributed by atoms with van der Waals surface area (Å²) in [6.45, 7) is 8.43. The lowest BCUT2D eigenvalue weighted by atomic mass is 10.1. The van der Waals surface area contributed by atoms with Crippen LogP contribution in [0.2, 0.25) is 0 Å². The molecule has 60 heavy (non-hydrogen) atoms. The molecule has 0 fully saturated rings. The molecule has 0 aliphatic heterocycles. The smallest absolute Gasteiger partial charge is 0.269 e. The number of nitrogens with zero attached hydrogens (tertiary/aromatic N) is 8. The van der Waals surface area contributed by atoms with Gasteiger partial charge >= 0.3 is 0 Å². The summed E-state index contributed by atoms with van der Waals surface area (Å²) < 4.78 is 20.9. The van der Waals surface area contributed by atoms with Crippen LogP contribution < -0.4 is 18.6 Å². The molecule has 0 aliphatic carbocycles. The van der Waals surface area contributed by atoms with Crippen molar-refractivity contribution in [3.8, 4) is 57.1 Å². The lowest BCUT2D eigenvalue weighted by Crippen LogP contribution is -2.29. The van der Waals surface area contributed by atoms with E-state index >= 15 is 0 Å². The third kappa shape index (κ3) is 7.11. The molecule has 290 valence electrons. The van der Waals surface area contributed by atoms with Gasteiger partial charge in [-0.25, -0.2) is 0 Å². The fraction of sp³-hybridized carbons (Fsp3) is 0.0800. The Morgan fingerprint density at radius 1 is 0.450 bits per heavy atom. The third-order valence-electron chi connectivity index (χ3n) is 10.2. The number of fused-ring (bicyclic) bond motifs is 2. The van der Waals surface area contributed by atoms with Crippen LogP contribution in [0.3, 0.4) is 0 Å². The van der Waals surface area contributed by atoms with Crippen molar-refractivity contribution in [2.75, 3.05) is 0 Å². The highest BCUT2D eigenvalue weighted by molar-refractivity contribution is 5.75. The Bertz CT molecular complexity index is 2980. The molecule has 10 aromatic rings. The maximum absolute atomic E-state index is 6.38. The van der Waals surface area contributed by atoms with E-state index in [1.807, 2.05) is 82.2 Å². The van der Waals surface area contributed by atoms with Gasteiger partial charge in [-0.05, 0) is 76.2 Å². The molecule has 6 heterocycles. The van der Waals surface area contributed by atoms with Crippen LogP contribution in [0.5, 0.6) is 23.0 Å². The fourth-order valence-corrected chi connectivity index (χ4v) is 7.72. The first kappa shape index (κ1) is 36.4. The van der Waals surface area contributed by atoms with Gasteiger partial charge < -0.3 is 9.47 Å². The molecule has 10 heteroatoms. The number of hydrogen-bond donors (Lipinski definition) is 0. The maximum atomic E-state index is 6.38. The van der Waals surface area contributed by atoms with Crippen LogP contribution in [-0.4, -0.2) is 29.1 Å². The number of rotatable bonds is 9. The summed E-state index contributed by atoms with van der Waals surface area (Å²) in [5.41, 5.74) is 13.8. The number of pyridine rings is 4. The normalized spacial score (nSPS) is 11.3. The molecule has 0 atom stereocenters. The summed E-state index contributed by atoms with van der Waals surface area (Å²) >= 11 is 0. The Balaban J connectivity index is 0.902. The molecular formula is C50H38N8O2. The highest BCUT2D eigenvalue weighted by Gasteiger charge is 2.16. The number of aromatic nitrogens is 8. The molecule has 6 aromatic heterocycles. The molecule has 0 radical (unpaired) electrons. The van der Waals surface area contributed by atoms with Crippen molar-refractivity contribution in [2.24, 2.45) is 0 Å². The van der Waals surface area contributed by atoms with Gasteiger partial charge in [-0.15, -0.1) is 0 Å². The standard InChI is InChI=1S/C50H38N8O2/c1-33-17-34(2)20-37(19-33)55-31-57(49-11-7-5-9-47(49)55)39-23-43(29-51-27-39)59-41-13-15-53-45(25-41)46-26-42(14-16-54-46)60-44-24-40(28-52-30-44)58-32-56(48-10-6-8-12-50(48)58)38-21-35(3)18-36(4)22-38/h5-30H,1-4H3. The fourth-order valence-electron chi connectivity index (χ4n) is 7.72. The van der Waals surface area contributed by atoms with Crippen molar-refractivity contribution in [1.82, 2.24) is 29.1 Å². The van der Waals surface area contributed by atoms with Crippen molar-refractivity contribution in [1.29, 1.82) is 0 Å². The Morgan fingerprint density at radius 3 is 1.30 bits per heavy atom. The zero-order valence-corrected chi connectivity index (χ0v) is 33.4. The van der Waals surface area contributed by atoms with Crippen LogP contribution in [0.4, 0.5) is 0 Å². The van der Waals surface area contributed by atoms with E-state index in [1.54, 1.807) is 24.8 Å². The first-order valence-electron chi connectivity index (χ1n) is 19.6. The molecule has 10 nitrogen and oxygen atoms in total. The van der Waals surface area contributed by atoms with Crippen molar-refractivity contribution >= 4 is 22.1 Å².